The summed E-state index contributed by atoms with van der Waals surface area (Å²) in [5.74, 6) is 1.51. The van der Waals surface area contributed by atoms with Gasteiger partial charge >= 0.3 is 0 Å². The van der Waals surface area contributed by atoms with Crippen LogP contribution in [0, 0.1) is 5.92 Å². The Kier molecular flexibility index (Phi) is 5.05. The van der Waals surface area contributed by atoms with E-state index in [0.29, 0.717) is 18.1 Å². The van der Waals surface area contributed by atoms with E-state index >= 15 is 0 Å². The number of nitrogens with zero attached hydrogens (tertiary/aromatic N) is 6. The number of aromatic nitrogens is 4. The Labute approximate surface area is 186 Å². The fraction of sp³-hybridized carbons (Fsp3) is 0.714. The molecule has 2 N–H and O–H groups in total. The quantitative estimate of drug-likeness (QED) is 0.720. The maximum atomic E-state index is 6.43. The van der Waals surface area contributed by atoms with Gasteiger partial charge in [-0.3, -0.25) is 5.43 Å². The zero-order chi connectivity index (χ0) is 20.8. The molecule has 0 amide bonds. The molecule has 2 saturated carbocycles. The molecule has 0 aromatic carbocycles. The van der Waals surface area contributed by atoms with E-state index in [0.717, 1.165) is 62.1 Å². The van der Waals surface area contributed by atoms with Gasteiger partial charge in [-0.2, -0.15) is 4.37 Å². The number of piperazine rings is 1. The lowest BCUT2D eigenvalue weighted by Gasteiger charge is -2.36. The van der Waals surface area contributed by atoms with Crippen LogP contribution in [0.3, 0.4) is 0 Å². The van der Waals surface area contributed by atoms with Gasteiger partial charge in [0.15, 0.2) is 0 Å². The Bertz CT molecular complexity index is 899. The molecule has 4 atom stereocenters. The SMILES string of the molecule is CC1(OC2CCC3NNC(c4cc(N5CCN(c6ncns6)CC5)ncn4)C3C2)CC1. The smallest absolute Gasteiger partial charge is 0.205 e. The average molecular weight is 443 g/mol. The van der Waals surface area contributed by atoms with Crippen molar-refractivity contribution in [2.45, 2.75) is 62.8 Å². The minimum Gasteiger partial charge on any atom is -0.372 e. The number of ether oxygens (including phenoxy) is 1. The summed E-state index contributed by atoms with van der Waals surface area (Å²) < 4.78 is 10.6. The predicted octanol–water partition coefficient (Wildman–Crippen LogP) is 1.91. The van der Waals surface area contributed by atoms with Crippen molar-refractivity contribution < 1.29 is 4.74 Å². The largest absolute Gasteiger partial charge is 0.372 e. The molecule has 166 valence electrons. The predicted molar refractivity (Wildman–Crippen MR) is 119 cm³/mol. The zero-order valence-electron chi connectivity index (χ0n) is 17.9. The third-order valence-electron chi connectivity index (χ3n) is 7.33. The van der Waals surface area contributed by atoms with Crippen molar-refractivity contribution in [1.29, 1.82) is 0 Å². The zero-order valence-corrected chi connectivity index (χ0v) is 18.7. The number of fused-ring (bicyclic) bond motifs is 1. The average Bonchev–Trinajstić information content (AvgIpc) is 3.21. The van der Waals surface area contributed by atoms with Gasteiger partial charge in [-0.15, -0.1) is 0 Å². The topological polar surface area (TPSA) is 91.3 Å². The molecule has 2 aromatic heterocycles. The first-order valence-corrected chi connectivity index (χ1v) is 12.2. The van der Waals surface area contributed by atoms with E-state index in [4.69, 9.17) is 4.74 Å². The number of anilines is 2. The minimum absolute atomic E-state index is 0.144. The molecule has 4 fully saturated rings. The lowest BCUT2D eigenvalue weighted by Crippen LogP contribution is -2.46. The van der Waals surface area contributed by atoms with Crippen LogP contribution in [0.4, 0.5) is 10.9 Å². The summed E-state index contributed by atoms with van der Waals surface area (Å²) in [6, 6.07) is 2.87. The third-order valence-corrected chi connectivity index (χ3v) is 8.05. The van der Waals surface area contributed by atoms with Crippen LogP contribution in [0.15, 0.2) is 18.7 Å². The highest BCUT2D eigenvalue weighted by Crippen LogP contribution is 2.45. The summed E-state index contributed by atoms with van der Waals surface area (Å²) in [6.45, 7) is 5.96. The van der Waals surface area contributed by atoms with Crippen molar-refractivity contribution in [3.05, 3.63) is 24.4 Å². The highest BCUT2D eigenvalue weighted by molar-refractivity contribution is 7.09. The van der Waals surface area contributed by atoms with Gasteiger partial charge in [-0.05, 0) is 39.0 Å². The molecule has 9 nitrogen and oxygen atoms in total. The lowest BCUT2D eigenvalue weighted by atomic mass is 9.79. The second kappa shape index (κ2) is 7.91. The molecule has 0 radical (unpaired) electrons. The van der Waals surface area contributed by atoms with Crippen LogP contribution >= 0.6 is 11.5 Å². The molecule has 2 saturated heterocycles. The van der Waals surface area contributed by atoms with Crippen molar-refractivity contribution in [1.82, 2.24) is 30.2 Å². The Morgan fingerprint density at radius 2 is 1.87 bits per heavy atom. The van der Waals surface area contributed by atoms with E-state index < -0.39 is 0 Å². The van der Waals surface area contributed by atoms with E-state index in [-0.39, 0.29) is 11.6 Å². The monoisotopic (exact) mass is 442 g/mol. The van der Waals surface area contributed by atoms with E-state index in [1.54, 1.807) is 12.7 Å². The van der Waals surface area contributed by atoms with Crippen molar-refractivity contribution in [2.75, 3.05) is 36.0 Å². The summed E-state index contributed by atoms with van der Waals surface area (Å²) in [5, 5.41) is 1.00. The third kappa shape index (κ3) is 4.02. The van der Waals surface area contributed by atoms with Crippen LogP contribution in [0.2, 0.25) is 0 Å². The fourth-order valence-electron chi connectivity index (χ4n) is 5.25. The highest BCUT2D eigenvalue weighted by Gasteiger charge is 2.46. The molecule has 4 unspecified atom stereocenters. The summed E-state index contributed by atoms with van der Waals surface area (Å²) in [7, 11) is 0. The maximum absolute atomic E-state index is 6.43. The van der Waals surface area contributed by atoms with Gasteiger partial charge in [0.05, 0.1) is 23.4 Å². The molecule has 2 aromatic rings. The Morgan fingerprint density at radius 1 is 1.03 bits per heavy atom. The first-order chi connectivity index (χ1) is 15.2. The molecule has 2 aliphatic carbocycles. The van der Waals surface area contributed by atoms with Gasteiger partial charge in [-0.1, -0.05) is 0 Å². The molecule has 31 heavy (non-hydrogen) atoms. The van der Waals surface area contributed by atoms with Gasteiger partial charge in [0.2, 0.25) is 5.13 Å². The number of rotatable bonds is 5. The molecule has 0 bridgehead atoms. The minimum atomic E-state index is 0.144. The van der Waals surface area contributed by atoms with Crippen LogP contribution in [0.5, 0.6) is 0 Å². The van der Waals surface area contributed by atoms with Gasteiger partial charge in [0.1, 0.15) is 18.5 Å². The first kappa shape index (κ1) is 19.8. The molecule has 10 heteroatoms. The van der Waals surface area contributed by atoms with Crippen molar-refractivity contribution in [2.24, 2.45) is 5.92 Å². The molecular formula is C21H30N8OS. The van der Waals surface area contributed by atoms with Gasteiger partial charge in [0, 0.05) is 55.7 Å². The second-order valence-corrected chi connectivity index (χ2v) is 10.3. The Balaban J connectivity index is 1.13. The van der Waals surface area contributed by atoms with Crippen molar-refractivity contribution in [3.8, 4) is 0 Å². The van der Waals surface area contributed by atoms with Crippen LogP contribution < -0.4 is 20.7 Å². The van der Waals surface area contributed by atoms with Gasteiger partial charge < -0.3 is 14.5 Å². The number of nitrogens with one attached hydrogen (secondary N) is 2. The molecule has 4 aliphatic rings. The normalized spacial score (nSPS) is 32.2. The molecular weight excluding hydrogens is 412 g/mol. The van der Waals surface area contributed by atoms with E-state index in [1.807, 2.05) is 0 Å². The van der Waals surface area contributed by atoms with Gasteiger partial charge in [-0.25, -0.2) is 20.4 Å². The summed E-state index contributed by atoms with van der Waals surface area (Å²) in [4.78, 5) is 18.2. The van der Waals surface area contributed by atoms with Crippen molar-refractivity contribution in [3.63, 3.8) is 0 Å². The lowest BCUT2D eigenvalue weighted by molar-refractivity contribution is -0.0500. The van der Waals surface area contributed by atoms with E-state index in [9.17, 15) is 0 Å². The maximum Gasteiger partial charge on any atom is 0.205 e. The van der Waals surface area contributed by atoms with E-state index in [2.05, 4.69) is 53.0 Å². The summed E-state index contributed by atoms with van der Waals surface area (Å²) in [6.07, 6.45) is 9.52. The van der Waals surface area contributed by atoms with E-state index in [1.165, 1.54) is 24.4 Å². The summed E-state index contributed by atoms with van der Waals surface area (Å²) in [5.41, 5.74) is 8.28. The standard InChI is InChI=1S/C21H30N8OS/c1-21(4-5-21)30-14-2-3-16-15(10-14)19(27-26-16)17-11-18(23-12-22-17)28-6-8-29(9-7-28)20-24-13-25-31-20/h11-16,19,26-27H,2-10H2,1H3. The van der Waals surface area contributed by atoms with Crippen molar-refractivity contribution >= 4 is 22.5 Å². The summed E-state index contributed by atoms with van der Waals surface area (Å²) >= 11 is 1.46. The molecule has 6 rings (SSSR count). The van der Waals surface area contributed by atoms with Crippen LogP contribution in [-0.2, 0) is 4.74 Å². The Morgan fingerprint density at radius 3 is 2.65 bits per heavy atom. The second-order valence-electron chi connectivity index (χ2n) is 9.54. The highest BCUT2D eigenvalue weighted by atomic mass is 32.1. The molecule has 4 heterocycles. The number of hydrogen-bond acceptors (Lipinski definition) is 10. The van der Waals surface area contributed by atoms with Crippen LogP contribution in [-0.4, -0.2) is 63.3 Å². The van der Waals surface area contributed by atoms with Crippen LogP contribution in [0.25, 0.3) is 0 Å². The van der Waals surface area contributed by atoms with Gasteiger partial charge in [0.25, 0.3) is 0 Å². The van der Waals surface area contributed by atoms with Crippen LogP contribution in [0.1, 0.15) is 50.8 Å². The molecule has 0 spiro atoms. The first-order valence-electron chi connectivity index (χ1n) is 11.4. The number of hydrogen-bond donors (Lipinski definition) is 2. The fourth-order valence-corrected chi connectivity index (χ4v) is 5.83. The molecule has 2 aliphatic heterocycles. The Hall–Kier alpha value is -1.88. The number of hydrazine groups is 1.